The number of anilines is 1. The molecule has 1 fully saturated rings. The van der Waals surface area contributed by atoms with Crippen LogP contribution in [-0.4, -0.2) is 47.1 Å². The van der Waals surface area contributed by atoms with Gasteiger partial charge in [0.2, 0.25) is 5.91 Å². The average molecular weight is 359 g/mol. The molecule has 1 aliphatic rings. The van der Waals surface area contributed by atoms with Crippen molar-refractivity contribution in [1.29, 1.82) is 0 Å². The number of nitro groups is 1. The van der Waals surface area contributed by atoms with Gasteiger partial charge >= 0.3 is 0 Å². The topological polar surface area (TPSA) is 119 Å². The lowest BCUT2D eigenvalue weighted by Crippen LogP contribution is -2.46. The molecule has 0 unspecified atom stereocenters. The van der Waals surface area contributed by atoms with Gasteiger partial charge in [-0.15, -0.1) is 0 Å². The Hall–Kier alpha value is -2.94. The van der Waals surface area contributed by atoms with Gasteiger partial charge in [-0.3, -0.25) is 19.8 Å². The van der Waals surface area contributed by atoms with Gasteiger partial charge in [0.15, 0.2) is 0 Å². The highest BCUT2D eigenvalue weighted by atomic mass is 16.6. The first-order chi connectivity index (χ1) is 12.4. The normalized spacial score (nSPS) is 15.2. The van der Waals surface area contributed by atoms with Crippen molar-refractivity contribution in [3.63, 3.8) is 0 Å². The minimum atomic E-state index is -0.677. The highest BCUT2D eigenvalue weighted by Crippen LogP contribution is 2.30. The molecule has 3 rings (SSSR count). The molecule has 9 nitrogen and oxygen atoms in total. The number of nitrogens with zero attached hydrogens (tertiary/aromatic N) is 4. The van der Waals surface area contributed by atoms with E-state index < -0.39 is 10.8 Å². The lowest BCUT2D eigenvalue weighted by atomic mass is 10.1. The van der Waals surface area contributed by atoms with Crippen LogP contribution in [0.3, 0.4) is 0 Å². The minimum Gasteiger partial charge on any atom is -0.366 e. The van der Waals surface area contributed by atoms with Crippen molar-refractivity contribution in [2.45, 2.75) is 20.4 Å². The van der Waals surface area contributed by atoms with Crippen LogP contribution in [0.4, 0.5) is 11.4 Å². The fraction of sp³-hybridized carbons (Fsp3) is 0.412. The molecule has 1 aromatic carbocycles. The number of benzene rings is 1. The molecule has 0 aliphatic carbocycles. The van der Waals surface area contributed by atoms with E-state index in [2.05, 4.69) is 10.1 Å². The Kier molecular flexibility index (Phi) is 4.90. The number of hydrogen-bond donors (Lipinski definition) is 1. The summed E-state index contributed by atoms with van der Waals surface area (Å²) in [4.78, 5) is 26.4. The molecule has 2 N–H and O–H groups in total. The van der Waals surface area contributed by atoms with Crippen LogP contribution in [-0.2, 0) is 6.54 Å². The van der Waals surface area contributed by atoms with Gasteiger partial charge in [0.05, 0.1) is 10.6 Å². The predicted octanol–water partition coefficient (Wildman–Crippen LogP) is 1.62. The molecule has 0 radical (unpaired) electrons. The second-order valence-electron chi connectivity index (χ2n) is 6.39. The van der Waals surface area contributed by atoms with Gasteiger partial charge in [-0.25, -0.2) is 0 Å². The minimum absolute atomic E-state index is 0.0968. The molecule has 9 heteroatoms. The Morgan fingerprint density at radius 2 is 2.00 bits per heavy atom. The number of aryl methyl sites for hydroxylation is 2. The number of nitro benzene ring substituents is 1. The molecule has 138 valence electrons. The maximum absolute atomic E-state index is 11.4. The first kappa shape index (κ1) is 17.9. The number of nitrogens with two attached hydrogens (primary N) is 1. The molecule has 0 saturated carbocycles. The van der Waals surface area contributed by atoms with Crippen molar-refractivity contribution in [2.75, 3.05) is 31.1 Å². The Bertz CT molecular complexity index is 820. The second kappa shape index (κ2) is 7.12. The Morgan fingerprint density at radius 3 is 2.54 bits per heavy atom. The summed E-state index contributed by atoms with van der Waals surface area (Å²) in [6, 6.07) is 4.37. The number of piperazine rings is 1. The van der Waals surface area contributed by atoms with Crippen LogP contribution in [0.1, 0.15) is 27.4 Å². The van der Waals surface area contributed by atoms with E-state index in [0.717, 1.165) is 36.7 Å². The van der Waals surface area contributed by atoms with E-state index in [0.29, 0.717) is 18.8 Å². The fourth-order valence-corrected chi connectivity index (χ4v) is 3.19. The number of hydrogen-bond acceptors (Lipinski definition) is 7. The van der Waals surface area contributed by atoms with Crippen LogP contribution >= 0.6 is 0 Å². The first-order valence-corrected chi connectivity index (χ1v) is 8.34. The van der Waals surface area contributed by atoms with Crippen molar-refractivity contribution in [3.8, 4) is 0 Å². The predicted molar refractivity (Wildman–Crippen MR) is 95.1 cm³/mol. The maximum Gasteiger partial charge on any atom is 0.293 e. The molecule has 1 saturated heterocycles. The van der Waals surface area contributed by atoms with Crippen molar-refractivity contribution < 1.29 is 14.2 Å². The molecule has 1 aromatic heterocycles. The zero-order valence-electron chi connectivity index (χ0n) is 14.8. The second-order valence-corrected chi connectivity index (χ2v) is 6.39. The van der Waals surface area contributed by atoms with E-state index in [9.17, 15) is 14.9 Å². The third kappa shape index (κ3) is 3.52. The Morgan fingerprint density at radius 1 is 1.31 bits per heavy atom. The van der Waals surface area contributed by atoms with Crippen LogP contribution in [0.5, 0.6) is 0 Å². The maximum atomic E-state index is 11.4. The first-order valence-electron chi connectivity index (χ1n) is 8.34. The van der Waals surface area contributed by atoms with Gasteiger partial charge in [0.1, 0.15) is 11.4 Å². The Balaban J connectivity index is 1.72. The third-order valence-electron chi connectivity index (χ3n) is 4.73. The van der Waals surface area contributed by atoms with E-state index in [1.54, 1.807) is 6.07 Å². The van der Waals surface area contributed by atoms with Crippen LogP contribution < -0.4 is 10.6 Å². The molecule has 26 heavy (non-hydrogen) atoms. The van der Waals surface area contributed by atoms with Crippen LogP contribution in [0.25, 0.3) is 0 Å². The molecular weight excluding hydrogens is 338 g/mol. The average Bonchev–Trinajstić information content (AvgIpc) is 2.93. The highest BCUT2D eigenvalue weighted by Gasteiger charge is 2.25. The highest BCUT2D eigenvalue weighted by molar-refractivity contribution is 5.94. The lowest BCUT2D eigenvalue weighted by Gasteiger charge is -2.35. The standard InChI is InChI=1S/C17H21N5O4/c1-11-14(12(2)26-19-11)10-20-5-7-21(8-6-20)15-4-3-13(17(18)23)9-16(15)22(24)25/h3-4,9H,5-8,10H2,1-2H3,(H2,18,23). The summed E-state index contributed by atoms with van der Waals surface area (Å²) in [6.45, 7) is 7.40. The number of primary amides is 1. The van der Waals surface area contributed by atoms with Crippen LogP contribution in [0, 0.1) is 24.0 Å². The number of rotatable bonds is 5. The zero-order chi connectivity index (χ0) is 18.8. The summed E-state index contributed by atoms with van der Waals surface area (Å²) in [7, 11) is 0. The van der Waals surface area contributed by atoms with E-state index in [4.69, 9.17) is 10.3 Å². The summed E-state index contributed by atoms with van der Waals surface area (Å²) in [6.07, 6.45) is 0. The number of carbonyl (C=O) groups excluding carboxylic acids is 1. The van der Waals surface area contributed by atoms with E-state index >= 15 is 0 Å². The monoisotopic (exact) mass is 359 g/mol. The number of carbonyl (C=O) groups is 1. The van der Waals surface area contributed by atoms with Gasteiger partial charge < -0.3 is 15.2 Å². The summed E-state index contributed by atoms with van der Waals surface area (Å²) >= 11 is 0. The lowest BCUT2D eigenvalue weighted by molar-refractivity contribution is -0.384. The summed E-state index contributed by atoms with van der Waals surface area (Å²) in [5.74, 6) is 0.145. The molecule has 1 amide bonds. The van der Waals surface area contributed by atoms with Crippen molar-refractivity contribution >= 4 is 17.3 Å². The Labute approximate surface area is 150 Å². The van der Waals surface area contributed by atoms with E-state index in [1.807, 2.05) is 18.7 Å². The van der Waals surface area contributed by atoms with Crippen molar-refractivity contribution in [1.82, 2.24) is 10.1 Å². The molecule has 0 spiro atoms. The fourth-order valence-electron chi connectivity index (χ4n) is 3.19. The van der Waals surface area contributed by atoms with Crippen LogP contribution in [0.2, 0.25) is 0 Å². The molecule has 2 aromatic rings. The number of aromatic nitrogens is 1. The summed E-state index contributed by atoms with van der Waals surface area (Å²) in [5, 5.41) is 15.4. The summed E-state index contributed by atoms with van der Waals surface area (Å²) in [5.41, 5.74) is 7.76. The van der Waals surface area contributed by atoms with Gasteiger partial charge in [-0.1, -0.05) is 5.16 Å². The van der Waals surface area contributed by atoms with Crippen molar-refractivity contribution in [3.05, 3.63) is 50.9 Å². The van der Waals surface area contributed by atoms with Gasteiger partial charge in [0, 0.05) is 49.9 Å². The smallest absolute Gasteiger partial charge is 0.293 e. The molecular formula is C17H21N5O4. The van der Waals surface area contributed by atoms with Crippen molar-refractivity contribution in [2.24, 2.45) is 5.73 Å². The molecule has 0 atom stereocenters. The summed E-state index contributed by atoms with van der Waals surface area (Å²) < 4.78 is 5.20. The molecule has 0 bridgehead atoms. The third-order valence-corrected chi connectivity index (χ3v) is 4.73. The quantitative estimate of drug-likeness (QED) is 0.636. The van der Waals surface area contributed by atoms with E-state index in [-0.39, 0.29) is 11.3 Å². The van der Waals surface area contributed by atoms with Gasteiger partial charge in [-0.2, -0.15) is 0 Å². The van der Waals surface area contributed by atoms with E-state index in [1.165, 1.54) is 12.1 Å². The zero-order valence-corrected chi connectivity index (χ0v) is 14.8. The van der Waals surface area contributed by atoms with Crippen LogP contribution in [0.15, 0.2) is 22.7 Å². The largest absolute Gasteiger partial charge is 0.366 e. The van der Waals surface area contributed by atoms with Gasteiger partial charge in [-0.05, 0) is 26.0 Å². The molecule has 2 heterocycles. The van der Waals surface area contributed by atoms with Gasteiger partial charge in [0.25, 0.3) is 5.69 Å². The molecule has 1 aliphatic heterocycles. The SMILES string of the molecule is Cc1noc(C)c1CN1CCN(c2ccc(C(N)=O)cc2[N+](=O)[O-])CC1. The number of amides is 1.